The summed E-state index contributed by atoms with van der Waals surface area (Å²) in [6, 6.07) is 9.42. The molecule has 0 amide bonds. The van der Waals surface area contributed by atoms with Gasteiger partial charge in [-0.3, -0.25) is 0 Å². The lowest BCUT2D eigenvalue weighted by Crippen LogP contribution is -2.18. The molecule has 0 aliphatic rings. The van der Waals surface area contributed by atoms with Crippen LogP contribution in [-0.4, -0.2) is 40.1 Å². The second-order valence-electron chi connectivity index (χ2n) is 4.37. The number of nitrogens with zero attached hydrogens (tertiary/aromatic N) is 3. The summed E-state index contributed by atoms with van der Waals surface area (Å²) >= 11 is 0. The maximum atomic E-state index is 12.1. The molecule has 0 aliphatic heterocycles. The fourth-order valence-electron chi connectivity index (χ4n) is 1.92. The molecule has 1 aromatic carbocycles. The lowest BCUT2D eigenvalue weighted by molar-refractivity contribution is 0.0467. The van der Waals surface area contributed by atoms with Gasteiger partial charge in [0.1, 0.15) is 0 Å². The predicted octanol–water partition coefficient (Wildman–Crippen LogP) is 1.68. The van der Waals surface area contributed by atoms with E-state index in [0.717, 1.165) is 5.56 Å². The molecule has 0 atom stereocenters. The summed E-state index contributed by atoms with van der Waals surface area (Å²) in [4.78, 5) is 24.0. The number of benzene rings is 1. The van der Waals surface area contributed by atoms with E-state index in [0.29, 0.717) is 6.54 Å². The van der Waals surface area contributed by atoms with E-state index in [1.807, 2.05) is 30.3 Å². The van der Waals surface area contributed by atoms with Crippen LogP contribution in [0.5, 0.6) is 0 Å². The fraction of sp³-hybridized carbons (Fsp3) is 0.333. The Morgan fingerprint density at radius 3 is 2.32 bits per heavy atom. The Morgan fingerprint density at radius 1 is 1.05 bits per heavy atom. The molecule has 0 fully saturated rings. The van der Waals surface area contributed by atoms with Crippen molar-refractivity contribution in [2.45, 2.75) is 20.4 Å². The summed E-state index contributed by atoms with van der Waals surface area (Å²) in [6.45, 7) is 4.05. The van der Waals surface area contributed by atoms with Crippen molar-refractivity contribution in [1.29, 1.82) is 0 Å². The second kappa shape index (κ2) is 7.35. The van der Waals surface area contributed by atoms with Crippen molar-refractivity contribution in [1.82, 2.24) is 15.0 Å². The SMILES string of the molecule is CCOC(=O)c1nnn(Cc2ccccc2)c1C(=O)OCC. The molecule has 1 heterocycles. The van der Waals surface area contributed by atoms with Crippen LogP contribution in [0.1, 0.15) is 40.4 Å². The highest BCUT2D eigenvalue weighted by Gasteiger charge is 2.27. The molecule has 0 radical (unpaired) electrons. The van der Waals surface area contributed by atoms with Gasteiger partial charge in [-0.2, -0.15) is 0 Å². The zero-order chi connectivity index (χ0) is 15.9. The molecule has 1 aromatic heterocycles. The normalized spacial score (nSPS) is 10.3. The summed E-state index contributed by atoms with van der Waals surface area (Å²) in [5.41, 5.74) is 0.800. The smallest absolute Gasteiger partial charge is 0.361 e. The van der Waals surface area contributed by atoms with Gasteiger partial charge >= 0.3 is 11.9 Å². The maximum absolute atomic E-state index is 12.1. The minimum Gasteiger partial charge on any atom is -0.461 e. The van der Waals surface area contributed by atoms with E-state index in [9.17, 15) is 9.59 Å². The molecule has 116 valence electrons. The van der Waals surface area contributed by atoms with Crippen LogP contribution in [-0.2, 0) is 16.0 Å². The Kier molecular flexibility index (Phi) is 5.24. The Hall–Kier alpha value is -2.70. The summed E-state index contributed by atoms with van der Waals surface area (Å²) in [5, 5.41) is 7.65. The van der Waals surface area contributed by atoms with Gasteiger partial charge in [-0.1, -0.05) is 35.5 Å². The van der Waals surface area contributed by atoms with E-state index in [4.69, 9.17) is 9.47 Å². The number of hydrogen-bond acceptors (Lipinski definition) is 6. The Labute approximate surface area is 127 Å². The van der Waals surface area contributed by atoms with Crippen LogP contribution in [0.2, 0.25) is 0 Å². The minimum absolute atomic E-state index is 0.00385. The Morgan fingerprint density at radius 2 is 1.68 bits per heavy atom. The van der Waals surface area contributed by atoms with Gasteiger partial charge in [-0.15, -0.1) is 5.10 Å². The molecule has 0 bridgehead atoms. The van der Waals surface area contributed by atoms with Crippen LogP contribution < -0.4 is 0 Å². The van der Waals surface area contributed by atoms with Crippen molar-refractivity contribution >= 4 is 11.9 Å². The van der Waals surface area contributed by atoms with Gasteiger partial charge in [0.15, 0.2) is 5.69 Å². The van der Waals surface area contributed by atoms with Gasteiger partial charge in [0.2, 0.25) is 5.69 Å². The van der Waals surface area contributed by atoms with Crippen molar-refractivity contribution in [2.24, 2.45) is 0 Å². The van der Waals surface area contributed by atoms with E-state index in [1.165, 1.54) is 4.68 Å². The van der Waals surface area contributed by atoms with Gasteiger partial charge in [0.05, 0.1) is 19.8 Å². The molecule has 0 unspecified atom stereocenters. The predicted molar refractivity (Wildman–Crippen MR) is 77.5 cm³/mol. The Balaban J connectivity index is 2.36. The molecule has 7 nitrogen and oxygen atoms in total. The highest BCUT2D eigenvalue weighted by Crippen LogP contribution is 2.12. The van der Waals surface area contributed by atoms with Crippen molar-refractivity contribution in [3.8, 4) is 0 Å². The third-order valence-corrected chi connectivity index (χ3v) is 2.85. The summed E-state index contributed by atoms with van der Waals surface area (Å²) in [6.07, 6.45) is 0. The molecule has 0 saturated heterocycles. The average Bonchev–Trinajstić information content (AvgIpc) is 2.92. The first-order chi connectivity index (χ1) is 10.7. The molecule has 0 aliphatic carbocycles. The number of carbonyl (C=O) groups excluding carboxylic acids is 2. The van der Waals surface area contributed by atoms with Crippen LogP contribution in [0.4, 0.5) is 0 Å². The summed E-state index contributed by atoms with van der Waals surface area (Å²) in [5.74, 6) is -1.34. The van der Waals surface area contributed by atoms with E-state index in [2.05, 4.69) is 10.3 Å². The van der Waals surface area contributed by atoms with Gasteiger partial charge in [0.25, 0.3) is 0 Å². The lowest BCUT2D eigenvalue weighted by Gasteiger charge is -2.07. The summed E-state index contributed by atoms with van der Waals surface area (Å²) < 4.78 is 11.2. The first kappa shape index (κ1) is 15.7. The standard InChI is InChI=1S/C15H17N3O4/c1-3-21-14(19)12-13(15(20)22-4-2)18(17-16-12)10-11-8-6-5-7-9-11/h5-9H,3-4,10H2,1-2H3. The molecule has 0 N–H and O–H groups in total. The average molecular weight is 303 g/mol. The molecule has 0 spiro atoms. The van der Waals surface area contributed by atoms with E-state index in [1.54, 1.807) is 13.8 Å². The zero-order valence-electron chi connectivity index (χ0n) is 12.5. The number of hydrogen-bond donors (Lipinski definition) is 0. The quantitative estimate of drug-likeness (QED) is 0.755. The zero-order valence-corrected chi connectivity index (χ0v) is 12.5. The fourth-order valence-corrected chi connectivity index (χ4v) is 1.92. The van der Waals surface area contributed by atoms with Crippen molar-refractivity contribution in [2.75, 3.05) is 13.2 Å². The van der Waals surface area contributed by atoms with Gasteiger partial charge in [-0.25, -0.2) is 14.3 Å². The van der Waals surface area contributed by atoms with Crippen LogP contribution in [0.3, 0.4) is 0 Å². The molecular formula is C15H17N3O4. The van der Waals surface area contributed by atoms with Crippen molar-refractivity contribution in [3.63, 3.8) is 0 Å². The summed E-state index contributed by atoms with van der Waals surface area (Å²) in [7, 11) is 0. The molecule has 7 heteroatoms. The molecule has 0 saturated carbocycles. The molecular weight excluding hydrogens is 286 g/mol. The minimum atomic E-state index is -0.690. The number of aromatic nitrogens is 3. The molecule has 2 rings (SSSR count). The van der Waals surface area contributed by atoms with Crippen LogP contribution in [0, 0.1) is 0 Å². The van der Waals surface area contributed by atoms with E-state index >= 15 is 0 Å². The van der Waals surface area contributed by atoms with Crippen LogP contribution >= 0.6 is 0 Å². The Bertz CT molecular complexity index is 652. The van der Waals surface area contributed by atoms with Crippen molar-refractivity contribution < 1.29 is 19.1 Å². The number of rotatable bonds is 6. The van der Waals surface area contributed by atoms with Crippen LogP contribution in [0.15, 0.2) is 30.3 Å². The van der Waals surface area contributed by atoms with Gasteiger partial charge in [0, 0.05) is 0 Å². The number of carbonyl (C=O) groups is 2. The van der Waals surface area contributed by atoms with Crippen LogP contribution in [0.25, 0.3) is 0 Å². The first-order valence-electron chi connectivity index (χ1n) is 6.99. The third-order valence-electron chi connectivity index (χ3n) is 2.85. The highest BCUT2D eigenvalue weighted by molar-refractivity contribution is 6.00. The van der Waals surface area contributed by atoms with E-state index < -0.39 is 11.9 Å². The van der Waals surface area contributed by atoms with Crippen molar-refractivity contribution in [3.05, 3.63) is 47.3 Å². The topological polar surface area (TPSA) is 83.3 Å². The first-order valence-corrected chi connectivity index (χ1v) is 6.99. The third kappa shape index (κ3) is 3.49. The molecule has 22 heavy (non-hydrogen) atoms. The van der Waals surface area contributed by atoms with Gasteiger partial charge < -0.3 is 9.47 Å². The highest BCUT2D eigenvalue weighted by atomic mass is 16.5. The molecule has 2 aromatic rings. The number of esters is 2. The van der Waals surface area contributed by atoms with E-state index in [-0.39, 0.29) is 24.6 Å². The van der Waals surface area contributed by atoms with Gasteiger partial charge in [-0.05, 0) is 19.4 Å². The monoisotopic (exact) mass is 303 g/mol. The second-order valence-corrected chi connectivity index (χ2v) is 4.37. The number of ether oxygens (including phenoxy) is 2. The largest absolute Gasteiger partial charge is 0.461 e. The maximum Gasteiger partial charge on any atom is 0.361 e. The lowest BCUT2D eigenvalue weighted by atomic mass is 10.2.